The van der Waals surface area contributed by atoms with E-state index in [0.29, 0.717) is 29.1 Å². The quantitative estimate of drug-likeness (QED) is 0.769. The standard InChI is InChI=1S/C21H29N3O2.CH4/c1-14(25)17-11-15-5-8-22-12-18(15)20(17)23-19(26)13-24-9-6-16(7-10-24)21(2,3)4;/h5,8,11-12,16,22H,6-7,9-10,13H2,1-4H3,(H,23,26);1H4. The maximum Gasteiger partial charge on any atom is 0.238 e. The van der Waals surface area contributed by atoms with Gasteiger partial charge in [0.2, 0.25) is 5.91 Å². The zero-order valence-electron chi connectivity index (χ0n) is 16.2. The highest BCUT2D eigenvalue weighted by molar-refractivity contribution is 6.10. The first-order valence-corrected chi connectivity index (χ1v) is 9.38. The number of rotatable bonds is 4. The minimum absolute atomic E-state index is 0. The fraction of sp³-hybridized carbons (Fsp3) is 0.545. The smallest absolute Gasteiger partial charge is 0.238 e. The summed E-state index contributed by atoms with van der Waals surface area (Å²) < 4.78 is 0. The fourth-order valence-electron chi connectivity index (χ4n) is 3.91. The second-order valence-electron chi connectivity index (χ2n) is 8.47. The number of Topliss-reactive ketones (excluding diaryl/α,β-unsaturated/α-hetero) is 1. The zero-order valence-corrected chi connectivity index (χ0v) is 16.2. The number of aromatic amines is 1. The summed E-state index contributed by atoms with van der Waals surface area (Å²) in [5.41, 5.74) is 3.35. The molecule has 1 saturated heterocycles. The maximum absolute atomic E-state index is 12.6. The molecule has 27 heavy (non-hydrogen) atoms. The number of H-pyrrole nitrogens is 1. The maximum atomic E-state index is 12.6. The number of pyridine rings is 1. The molecule has 1 aliphatic carbocycles. The molecule has 5 nitrogen and oxygen atoms in total. The van der Waals surface area contributed by atoms with E-state index in [1.54, 1.807) is 0 Å². The van der Waals surface area contributed by atoms with E-state index >= 15 is 0 Å². The Balaban J connectivity index is 0.00000261. The molecule has 0 aromatic heterocycles. The molecule has 5 heteroatoms. The highest BCUT2D eigenvalue weighted by Crippen LogP contribution is 2.36. The van der Waals surface area contributed by atoms with Crippen molar-refractivity contribution in [3.63, 3.8) is 0 Å². The molecule has 0 radical (unpaired) electrons. The molecule has 0 bridgehead atoms. The summed E-state index contributed by atoms with van der Waals surface area (Å²) in [6.07, 6.45) is 5.90. The van der Waals surface area contributed by atoms with Gasteiger partial charge >= 0.3 is 0 Å². The van der Waals surface area contributed by atoms with Crippen LogP contribution in [0.3, 0.4) is 0 Å². The molecule has 0 saturated carbocycles. The van der Waals surface area contributed by atoms with Crippen LogP contribution < -0.4 is 5.32 Å². The lowest BCUT2D eigenvalue weighted by molar-refractivity contribution is -0.117. The van der Waals surface area contributed by atoms with Crippen LogP contribution in [0, 0.1) is 11.3 Å². The molecule has 0 unspecified atom stereocenters. The van der Waals surface area contributed by atoms with E-state index in [4.69, 9.17) is 0 Å². The number of carbonyl (C=O) groups is 2. The van der Waals surface area contributed by atoms with Gasteiger partial charge in [0, 0.05) is 23.5 Å². The van der Waals surface area contributed by atoms with Crippen molar-refractivity contribution in [3.8, 4) is 11.1 Å². The third-order valence-corrected chi connectivity index (χ3v) is 5.56. The molecule has 2 N–H and O–H groups in total. The van der Waals surface area contributed by atoms with Crippen molar-refractivity contribution in [1.29, 1.82) is 0 Å². The highest BCUT2D eigenvalue weighted by atomic mass is 16.2. The van der Waals surface area contributed by atoms with Gasteiger partial charge in [-0.15, -0.1) is 0 Å². The first-order valence-electron chi connectivity index (χ1n) is 9.38. The van der Waals surface area contributed by atoms with Crippen LogP contribution in [0.5, 0.6) is 0 Å². The summed E-state index contributed by atoms with van der Waals surface area (Å²) in [6.45, 7) is 10.7. The van der Waals surface area contributed by atoms with E-state index in [1.807, 2.05) is 24.5 Å². The number of hydrogen-bond donors (Lipinski definition) is 2. The van der Waals surface area contributed by atoms with E-state index < -0.39 is 0 Å². The van der Waals surface area contributed by atoms with Gasteiger partial charge in [0.05, 0.1) is 12.2 Å². The predicted octanol–water partition coefficient (Wildman–Crippen LogP) is 4.65. The van der Waals surface area contributed by atoms with Crippen LogP contribution in [0.25, 0.3) is 11.1 Å². The predicted molar refractivity (Wildman–Crippen MR) is 111 cm³/mol. The topological polar surface area (TPSA) is 65.2 Å². The van der Waals surface area contributed by atoms with E-state index in [2.05, 4.69) is 36.0 Å². The van der Waals surface area contributed by atoms with Crippen LogP contribution in [0.1, 0.15) is 58.3 Å². The summed E-state index contributed by atoms with van der Waals surface area (Å²) in [6, 6.07) is 3.75. The molecule has 0 aromatic carbocycles. The lowest BCUT2D eigenvalue weighted by Crippen LogP contribution is -2.41. The lowest BCUT2D eigenvalue weighted by atomic mass is 9.75. The van der Waals surface area contributed by atoms with Crippen LogP contribution in [0.4, 0.5) is 5.69 Å². The number of aromatic nitrogens is 1. The molecule has 0 aromatic rings. The van der Waals surface area contributed by atoms with Gasteiger partial charge in [-0.2, -0.15) is 0 Å². The number of amides is 1. The van der Waals surface area contributed by atoms with Gasteiger partial charge in [0.15, 0.2) is 5.78 Å². The van der Waals surface area contributed by atoms with E-state index in [1.165, 1.54) is 6.92 Å². The van der Waals surface area contributed by atoms with Crippen molar-refractivity contribution in [3.05, 3.63) is 30.1 Å². The first kappa shape index (κ1) is 21.2. The van der Waals surface area contributed by atoms with Crippen LogP contribution in [-0.2, 0) is 4.79 Å². The molecule has 148 valence electrons. The molecule has 3 aliphatic rings. The molecule has 0 atom stereocenters. The molecule has 1 amide bonds. The number of likely N-dealkylation sites (tertiary alicyclic amines) is 1. The average Bonchev–Trinajstić information content (AvgIpc) is 2.93. The minimum Gasteiger partial charge on any atom is -0.367 e. The normalized spacial score (nSPS) is 16.1. The molecule has 2 aliphatic heterocycles. The molecule has 0 spiro atoms. The molecular weight excluding hydrogens is 338 g/mol. The molecule has 2 heterocycles. The van der Waals surface area contributed by atoms with Gasteiger partial charge in [-0.3, -0.25) is 14.5 Å². The van der Waals surface area contributed by atoms with Crippen LogP contribution >= 0.6 is 0 Å². The van der Waals surface area contributed by atoms with Crippen LogP contribution in [0.15, 0.2) is 24.5 Å². The number of ketones is 1. The number of nitrogens with one attached hydrogen (secondary N) is 2. The summed E-state index contributed by atoms with van der Waals surface area (Å²) in [4.78, 5) is 29.8. The fourth-order valence-corrected chi connectivity index (χ4v) is 3.91. The van der Waals surface area contributed by atoms with Crippen molar-refractivity contribution >= 4 is 17.4 Å². The van der Waals surface area contributed by atoms with Gasteiger partial charge in [0.1, 0.15) is 0 Å². The average molecular weight is 372 g/mol. The van der Waals surface area contributed by atoms with Gasteiger partial charge < -0.3 is 10.3 Å². The van der Waals surface area contributed by atoms with Crippen molar-refractivity contribution in [2.45, 2.75) is 48.0 Å². The third kappa shape index (κ3) is 4.78. The number of hydrogen-bond acceptors (Lipinski definition) is 3. The lowest BCUT2D eigenvalue weighted by Gasteiger charge is -2.38. The van der Waals surface area contributed by atoms with Crippen molar-refractivity contribution in [2.75, 3.05) is 25.0 Å². The van der Waals surface area contributed by atoms with Crippen molar-refractivity contribution in [1.82, 2.24) is 9.88 Å². The van der Waals surface area contributed by atoms with E-state index in [9.17, 15) is 9.59 Å². The van der Waals surface area contributed by atoms with Crippen LogP contribution in [0.2, 0.25) is 0 Å². The van der Waals surface area contributed by atoms with Gasteiger partial charge in [-0.1, -0.05) is 28.2 Å². The van der Waals surface area contributed by atoms with Crippen molar-refractivity contribution < 1.29 is 9.59 Å². The van der Waals surface area contributed by atoms with Gasteiger partial charge in [0.25, 0.3) is 0 Å². The van der Waals surface area contributed by atoms with Gasteiger partial charge in [-0.25, -0.2) is 0 Å². The Morgan fingerprint density at radius 3 is 2.52 bits per heavy atom. The largest absolute Gasteiger partial charge is 0.367 e. The summed E-state index contributed by atoms with van der Waals surface area (Å²) in [7, 11) is 0. The van der Waals surface area contributed by atoms with Crippen molar-refractivity contribution in [2.24, 2.45) is 11.3 Å². The number of carbonyl (C=O) groups excluding carboxylic acids is 2. The van der Waals surface area contributed by atoms with Gasteiger partial charge in [-0.05, 0) is 61.9 Å². The zero-order chi connectivity index (χ0) is 18.9. The second-order valence-corrected chi connectivity index (χ2v) is 8.47. The highest BCUT2D eigenvalue weighted by Gasteiger charge is 2.29. The Bertz CT molecular complexity index is 764. The number of fused-ring (bicyclic) bond motifs is 1. The van der Waals surface area contributed by atoms with Crippen LogP contribution in [-0.4, -0.2) is 41.2 Å². The molecular formula is C22H33N3O2. The SMILES string of the molecule is C.CC(=O)c1cc2cc[nH]cc-2c1NC(=O)CN1CCC(C(C)(C)C)CC1. The Hall–Kier alpha value is -2.14. The third-order valence-electron chi connectivity index (χ3n) is 5.56. The summed E-state index contributed by atoms with van der Waals surface area (Å²) in [5, 5.41) is 2.98. The Labute approximate surface area is 162 Å². The van der Waals surface area contributed by atoms with E-state index in [0.717, 1.165) is 37.1 Å². The Morgan fingerprint density at radius 2 is 1.93 bits per heavy atom. The summed E-state index contributed by atoms with van der Waals surface area (Å²) >= 11 is 0. The number of anilines is 1. The number of piperidine rings is 1. The minimum atomic E-state index is -0.0574. The van der Waals surface area contributed by atoms with E-state index in [-0.39, 0.29) is 19.1 Å². The Morgan fingerprint density at radius 1 is 1.26 bits per heavy atom. The second kappa shape index (κ2) is 8.26. The summed E-state index contributed by atoms with van der Waals surface area (Å²) in [5.74, 6) is 0.612. The molecule has 3 rings (SSSR count). The first-order chi connectivity index (χ1) is 12.3. The number of nitrogens with zero attached hydrogens (tertiary/aromatic N) is 1. The molecule has 1 fully saturated rings. The Kier molecular flexibility index (Phi) is 6.47. The monoisotopic (exact) mass is 371 g/mol.